The Bertz CT molecular complexity index is 492. The molecule has 1 atom stereocenters. The number of hydrogen-bond donors (Lipinski definition) is 2. The summed E-state index contributed by atoms with van der Waals surface area (Å²) in [5, 5.41) is 2.70. The molecule has 0 aromatic heterocycles. The molecule has 1 rings (SSSR count). The number of ether oxygens (including phenoxy) is 1. The summed E-state index contributed by atoms with van der Waals surface area (Å²) >= 11 is 4.78. The summed E-state index contributed by atoms with van der Waals surface area (Å²) in [7, 11) is 0. The SMILES string of the molecule is CC(C)NC(=O)C(C)Oc1cccc(F)c1C(N)=S. The molecule has 104 valence electrons. The summed E-state index contributed by atoms with van der Waals surface area (Å²) in [5.41, 5.74) is 5.47. The molecule has 6 heteroatoms. The summed E-state index contributed by atoms with van der Waals surface area (Å²) < 4.78 is 19.0. The first-order valence-corrected chi connectivity index (χ1v) is 6.29. The van der Waals surface area contributed by atoms with Crippen molar-refractivity contribution in [1.29, 1.82) is 0 Å². The van der Waals surface area contributed by atoms with Crippen LogP contribution in [0.3, 0.4) is 0 Å². The quantitative estimate of drug-likeness (QED) is 0.809. The number of nitrogens with one attached hydrogen (secondary N) is 1. The molecule has 0 heterocycles. The standard InChI is InChI=1S/C13H17FN2O2S/c1-7(2)16-13(17)8(3)18-10-6-4-5-9(14)11(10)12(15)19/h4-8H,1-3H3,(H2,15,19)(H,16,17). The van der Waals surface area contributed by atoms with Gasteiger partial charge in [-0.1, -0.05) is 18.3 Å². The Balaban J connectivity index is 2.91. The molecule has 0 aliphatic rings. The molecule has 0 saturated heterocycles. The summed E-state index contributed by atoms with van der Waals surface area (Å²) in [6, 6.07) is 4.23. The fourth-order valence-corrected chi connectivity index (χ4v) is 1.69. The Hall–Kier alpha value is -1.69. The highest BCUT2D eigenvalue weighted by Gasteiger charge is 2.19. The van der Waals surface area contributed by atoms with Gasteiger partial charge in [-0.2, -0.15) is 0 Å². The number of amides is 1. The molecule has 0 saturated carbocycles. The van der Waals surface area contributed by atoms with Crippen LogP contribution in [0.5, 0.6) is 5.75 Å². The Morgan fingerprint density at radius 2 is 2.05 bits per heavy atom. The van der Waals surface area contributed by atoms with E-state index in [9.17, 15) is 9.18 Å². The van der Waals surface area contributed by atoms with Crippen molar-refractivity contribution in [2.45, 2.75) is 32.9 Å². The highest BCUT2D eigenvalue weighted by molar-refractivity contribution is 7.80. The van der Waals surface area contributed by atoms with E-state index in [1.54, 1.807) is 6.92 Å². The van der Waals surface area contributed by atoms with Crippen molar-refractivity contribution in [3.05, 3.63) is 29.6 Å². The van der Waals surface area contributed by atoms with Gasteiger partial charge >= 0.3 is 0 Å². The number of nitrogens with two attached hydrogens (primary N) is 1. The average molecular weight is 284 g/mol. The smallest absolute Gasteiger partial charge is 0.260 e. The molecule has 0 spiro atoms. The minimum atomic E-state index is -0.766. The molecule has 0 aliphatic heterocycles. The third kappa shape index (κ3) is 4.17. The van der Waals surface area contributed by atoms with Gasteiger partial charge in [-0.05, 0) is 32.9 Å². The van der Waals surface area contributed by atoms with Crippen molar-refractivity contribution in [2.75, 3.05) is 0 Å². The molecule has 4 nitrogen and oxygen atoms in total. The van der Waals surface area contributed by atoms with Crippen molar-refractivity contribution in [2.24, 2.45) is 5.73 Å². The van der Waals surface area contributed by atoms with E-state index in [0.29, 0.717) is 0 Å². The van der Waals surface area contributed by atoms with E-state index in [4.69, 9.17) is 22.7 Å². The molecule has 0 aliphatic carbocycles. The lowest BCUT2D eigenvalue weighted by Gasteiger charge is -2.18. The second-order valence-corrected chi connectivity index (χ2v) is 4.84. The third-order valence-corrected chi connectivity index (χ3v) is 2.53. The fraction of sp³-hybridized carbons (Fsp3) is 0.385. The molecule has 0 fully saturated rings. The molecule has 1 amide bonds. The van der Waals surface area contributed by atoms with E-state index < -0.39 is 11.9 Å². The zero-order valence-corrected chi connectivity index (χ0v) is 11.9. The lowest BCUT2D eigenvalue weighted by atomic mass is 10.2. The van der Waals surface area contributed by atoms with Gasteiger partial charge in [0.25, 0.3) is 5.91 Å². The van der Waals surface area contributed by atoms with Gasteiger partial charge in [0.15, 0.2) is 6.10 Å². The lowest BCUT2D eigenvalue weighted by molar-refractivity contribution is -0.127. The van der Waals surface area contributed by atoms with Gasteiger partial charge in [0.05, 0.1) is 5.56 Å². The van der Waals surface area contributed by atoms with E-state index in [0.717, 1.165) is 0 Å². The molecular weight excluding hydrogens is 267 g/mol. The maximum atomic E-state index is 13.6. The zero-order chi connectivity index (χ0) is 14.6. The Labute approximate surface area is 117 Å². The van der Waals surface area contributed by atoms with E-state index in [-0.39, 0.29) is 28.3 Å². The van der Waals surface area contributed by atoms with Gasteiger partial charge in [0, 0.05) is 6.04 Å². The van der Waals surface area contributed by atoms with Crippen LogP contribution in [-0.2, 0) is 4.79 Å². The number of benzene rings is 1. The minimum Gasteiger partial charge on any atom is -0.480 e. The molecule has 19 heavy (non-hydrogen) atoms. The van der Waals surface area contributed by atoms with Crippen LogP contribution in [0, 0.1) is 5.82 Å². The molecule has 1 aromatic carbocycles. The average Bonchev–Trinajstić information content (AvgIpc) is 2.27. The highest BCUT2D eigenvalue weighted by atomic mass is 32.1. The van der Waals surface area contributed by atoms with Crippen molar-refractivity contribution in [1.82, 2.24) is 5.32 Å². The fourth-order valence-electron chi connectivity index (χ4n) is 1.49. The topological polar surface area (TPSA) is 64.3 Å². The van der Waals surface area contributed by atoms with E-state index in [1.807, 2.05) is 13.8 Å². The number of carbonyl (C=O) groups is 1. The van der Waals surface area contributed by atoms with Crippen molar-refractivity contribution in [3.8, 4) is 5.75 Å². The largest absolute Gasteiger partial charge is 0.480 e. The van der Waals surface area contributed by atoms with Crippen molar-refractivity contribution in [3.63, 3.8) is 0 Å². The Kier molecular flexibility index (Phi) is 5.23. The van der Waals surface area contributed by atoms with Crippen LogP contribution in [0.15, 0.2) is 18.2 Å². The van der Waals surface area contributed by atoms with Crippen LogP contribution in [0.4, 0.5) is 4.39 Å². The normalized spacial score (nSPS) is 12.1. The predicted molar refractivity (Wildman–Crippen MR) is 75.7 cm³/mol. The molecule has 1 aromatic rings. The van der Waals surface area contributed by atoms with Gasteiger partial charge < -0.3 is 15.8 Å². The summed E-state index contributed by atoms with van der Waals surface area (Å²) in [5.74, 6) is -0.687. The maximum Gasteiger partial charge on any atom is 0.260 e. The second kappa shape index (κ2) is 6.47. The summed E-state index contributed by atoms with van der Waals surface area (Å²) in [4.78, 5) is 11.6. The van der Waals surface area contributed by atoms with E-state index >= 15 is 0 Å². The molecule has 0 radical (unpaired) electrons. The first kappa shape index (κ1) is 15.4. The number of thiocarbonyl (C=S) groups is 1. The van der Waals surface area contributed by atoms with Gasteiger partial charge in [-0.3, -0.25) is 4.79 Å². The van der Waals surface area contributed by atoms with Crippen LogP contribution in [-0.4, -0.2) is 23.0 Å². The predicted octanol–water partition coefficient (Wildman–Crippen LogP) is 1.75. The van der Waals surface area contributed by atoms with Gasteiger partial charge in [0.1, 0.15) is 16.6 Å². The van der Waals surface area contributed by atoms with Crippen LogP contribution in [0.1, 0.15) is 26.3 Å². The summed E-state index contributed by atoms with van der Waals surface area (Å²) in [6.45, 7) is 5.26. The number of halogens is 1. The minimum absolute atomic E-state index is 0.00103. The van der Waals surface area contributed by atoms with Gasteiger partial charge in [-0.15, -0.1) is 0 Å². The highest BCUT2D eigenvalue weighted by Crippen LogP contribution is 2.22. The third-order valence-electron chi connectivity index (χ3n) is 2.33. The molecule has 1 unspecified atom stereocenters. The van der Waals surface area contributed by atoms with Crippen LogP contribution >= 0.6 is 12.2 Å². The Morgan fingerprint density at radius 1 is 1.42 bits per heavy atom. The maximum absolute atomic E-state index is 13.6. The monoisotopic (exact) mass is 284 g/mol. The van der Waals surface area contributed by atoms with Crippen molar-refractivity contribution >= 4 is 23.1 Å². The molecule has 0 bridgehead atoms. The van der Waals surface area contributed by atoms with Crippen LogP contribution in [0.25, 0.3) is 0 Å². The molecule has 3 N–H and O–H groups in total. The Morgan fingerprint density at radius 3 is 2.58 bits per heavy atom. The zero-order valence-electron chi connectivity index (χ0n) is 11.1. The van der Waals surface area contributed by atoms with Crippen molar-refractivity contribution < 1.29 is 13.9 Å². The number of rotatable bonds is 5. The van der Waals surface area contributed by atoms with Crippen LogP contribution in [0.2, 0.25) is 0 Å². The number of carbonyl (C=O) groups excluding carboxylic acids is 1. The lowest BCUT2D eigenvalue weighted by Crippen LogP contribution is -2.40. The first-order chi connectivity index (χ1) is 8.82. The van der Waals surface area contributed by atoms with E-state index in [1.165, 1.54) is 18.2 Å². The van der Waals surface area contributed by atoms with Gasteiger partial charge in [-0.25, -0.2) is 4.39 Å². The van der Waals surface area contributed by atoms with E-state index in [2.05, 4.69) is 5.32 Å². The number of hydrogen-bond acceptors (Lipinski definition) is 3. The first-order valence-electron chi connectivity index (χ1n) is 5.88. The van der Waals surface area contributed by atoms with Crippen LogP contribution < -0.4 is 15.8 Å². The summed E-state index contributed by atoms with van der Waals surface area (Å²) in [6.07, 6.45) is -0.766. The van der Waals surface area contributed by atoms with Gasteiger partial charge in [0.2, 0.25) is 0 Å². The molecular formula is C13H17FN2O2S. The second-order valence-electron chi connectivity index (χ2n) is 4.40.